The summed E-state index contributed by atoms with van der Waals surface area (Å²) < 4.78 is 13.1. The molecule has 3 nitrogen and oxygen atoms in total. The third-order valence-corrected chi connectivity index (χ3v) is 1.76. The fourth-order valence-corrected chi connectivity index (χ4v) is 0.995. The molecule has 0 aliphatic heterocycles. The highest BCUT2D eigenvalue weighted by Crippen LogP contribution is 2.16. The molecule has 1 rings (SSSR count). The van der Waals surface area contributed by atoms with Crippen molar-refractivity contribution in [3.05, 3.63) is 30.1 Å². The molecular weight excluding hydrogens is 171 g/mol. The average Bonchev–Trinajstić information content (AvgIpc) is 2.16. The smallest absolute Gasteiger partial charge is 0.240 e. The molecule has 0 aromatic heterocycles. The van der Waals surface area contributed by atoms with Gasteiger partial charge in [-0.05, 0) is 12.1 Å². The molecule has 70 valence electrons. The lowest BCUT2D eigenvalue weighted by atomic mass is 10.3. The number of halogens is 1. The van der Waals surface area contributed by atoms with Gasteiger partial charge in [0.05, 0.1) is 12.2 Å². The maximum Gasteiger partial charge on any atom is 0.240 e. The first kappa shape index (κ1) is 9.67. The number of anilines is 1. The Labute approximate surface area is 76.0 Å². The van der Waals surface area contributed by atoms with Crippen LogP contribution in [0.5, 0.6) is 0 Å². The van der Waals surface area contributed by atoms with Gasteiger partial charge in [-0.1, -0.05) is 12.1 Å². The molecule has 4 heteroatoms. The number of rotatable bonds is 2. The monoisotopic (exact) mass is 182 g/mol. The third kappa shape index (κ3) is 2.03. The average molecular weight is 182 g/mol. The molecule has 0 spiro atoms. The van der Waals surface area contributed by atoms with Crippen molar-refractivity contribution in [2.75, 3.05) is 18.5 Å². The number of carbonyl (C=O) groups excluding carboxylic acids is 1. The van der Waals surface area contributed by atoms with Crippen molar-refractivity contribution in [3.8, 4) is 0 Å². The van der Waals surface area contributed by atoms with Crippen LogP contribution in [0.2, 0.25) is 0 Å². The molecule has 0 fully saturated rings. The first-order valence-electron chi connectivity index (χ1n) is 3.88. The van der Waals surface area contributed by atoms with Crippen LogP contribution >= 0.6 is 0 Å². The van der Waals surface area contributed by atoms with E-state index in [0.29, 0.717) is 0 Å². The van der Waals surface area contributed by atoms with Gasteiger partial charge in [-0.25, -0.2) is 4.39 Å². The number of likely N-dealkylation sites (N-methyl/N-ethyl adjacent to an activating group) is 1. The van der Waals surface area contributed by atoms with Gasteiger partial charge >= 0.3 is 0 Å². The zero-order chi connectivity index (χ0) is 9.84. The highest BCUT2D eigenvalue weighted by atomic mass is 19.1. The molecular formula is C9H11FN2O. The van der Waals surface area contributed by atoms with Gasteiger partial charge in [-0.15, -0.1) is 0 Å². The van der Waals surface area contributed by atoms with Crippen molar-refractivity contribution in [1.29, 1.82) is 0 Å². The minimum atomic E-state index is -0.424. The lowest BCUT2D eigenvalue weighted by Crippen LogP contribution is -2.32. The van der Waals surface area contributed by atoms with E-state index in [0.717, 1.165) is 0 Å². The lowest BCUT2D eigenvalue weighted by molar-refractivity contribution is -0.117. The number of amides is 1. The highest BCUT2D eigenvalue weighted by Gasteiger charge is 2.11. The Bertz CT molecular complexity index is 314. The summed E-state index contributed by atoms with van der Waals surface area (Å²) in [5.74, 6) is -0.739. The summed E-state index contributed by atoms with van der Waals surface area (Å²) in [4.78, 5) is 12.3. The summed E-state index contributed by atoms with van der Waals surface area (Å²) in [6, 6.07) is 6.07. The van der Waals surface area contributed by atoms with Crippen molar-refractivity contribution in [2.45, 2.75) is 0 Å². The molecule has 1 amide bonds. The fraction of sp³-hybridized carbons (Fsp3) is 0.222. The molecule has 0 atom stereocenters. The van der Waals surface area contributed by atoms with Crippen LogP contribution in [0.25, 0.3) is 0 Å². The van der Waals surface area contributed by atoms with Crippen LogP contribution in [0.15, 0.2) is 24.3 Å². The van der Waals surface area contributed by atoms with Crippen LogP contribution in [-0.2, 0) is 4.79 Å². The van der Waals surface area contributed by atoms with Crippen LogP contribution < -0.4 is 10.6 Å². The molecule has 2 N–H and O–H groups in total. The number of nitrogens with zero attached hydrogens (tertiary/aromatic N) is 1. The molecule has 0 unspecified atom stereocenters. The lowest BCUT2D eigenvalue weighted by Gasteiger charge is -2.16. The minimum absolute atomic E-state index is 0.120. The van der Waals surface area contributed by atoms with Crippen molar-refractivity contribution in [2.24, 2.45) is 5.73 Å². The molecule has 1 aromatic carbocycles. The second kappa shape index (κ2) is 4.00. The Kier molecular flexibility index (Phi) is 2.97. The summed E-state index contributed by atoms with van der Waals surface area (Å²) in [6.07, 6.45) is 0. The third-order valence-electron chi connectivity index (χ3n) is 1.76. The predicted octanol–water partition coefficient (Wildman–Crippen LogP) is 0.747. The second-order valence-corrected chi connectivity index (χ2v) is 2.61. The van der Waals surface area contributed by atoms with E-state index in [9.17, 15) is 9.18 Å². The van der Waals surface area contributed by atoms with Crippen molar-refractivity contribution in [3.63, 3.8) is 0 Å². The Morgan fingerprint density at radius 1 is 1.54 bits per heavy atom. The minimum Gasteiger partial charge on any atom is -0.322 e. The first-order chi connectivity index (χ1) is 6.16. The Balaban J connectivity index is 2.95. The number of para-hydroxylation sites is 1. The van der Waals surface area contributed by atoms with Gasteiger partial charge in [0, 0.05) is 7.05 Å². The van der Waals surface area contributed by atoms with Crippen LogP contribution in [0.3, 0.4) is 0 Å². The van der Waals surface area contributed by atoms with Crippen LogP contribution in [0, 0.1) is 5.82 Å². The van der Waals surface area contributed by atoms with E-state index in [-0.39, 0.29) is 18.1 Å². The van der Waals surface area contributed by atoms with E-state index in [1.165, 1.54) is 24.1 Å². The highest BCUT2D eigenvalue weighted by molar-refractivity contribution is 5.94. The zero-order valence-corrected chi connectivity index (χ0v) is 7.33. The van der Waals surface area contributed by atoms with Crippen LogP contribution in [0.4, 0.5) is 10.1 Å². The normalized spacial score (nSPS) is 9.77. The number of hydrogen-bond acceptors (Lipinski definition) is 2. The summed E-state index contributed by atoms with van der Waals surface area (Å²) in [5, 5.41) is 0. The maximum atomic E-state index is 13.1. The number of hydrogen-bond donors (Lipinski definition) is 1. The maximum absolute atomic E-state index is 13.1. The largest absolute Gasteiger partial charge is 0.322 e. The van der Waals surface area contributed by atoms with Crippen molar-refractivity contribution >= 4 is 11.6 Å². The van der Waals surface area contributed by atoms with E-state index >= 15 is 0 Å². The number of nitrogens with two attached hydrogens (primary N) is 1. The van der Waals surface area contributed by atoms with Gasteiger partial charge in [0.2, 0.25) is 5.91 Å². The molecule has 0 saturated carbocycles. The standard InChI is InChI=1S/C9H11FN2O/c1-12(9(13)6-11)8-5-3-2-4-7(8)10/h2-5H,6,11H2,1H3. The first-order valence-corrected chi connectivity index (χ1v) is 3.88. The summed E-state index contributed by atoms with van der Waals surface area (Å²) in [7, 11) is 1.49. The fourth-order valence-electron chi connectivity index (χ4n) is 0.995. The molecule has 13 heavy (non-hydrogen) atoms. The van der Waals surface area contributed by atoms with Gasteiger partial charge in [-0.3, -0.25) is 4.79 Å². The Hall–Kier alpha value is -1.42. The quantitative estimate of drug-likeness (QED) is 0.733. The molecule has 1 aromatic rings. The van der Waals surface area contributed by atoms with E-state index < -0.39 is 5.82 Å². The molecule has 0 aliphatic rings. The van der Waals surface area contributed by atoms with Crippen LogP contribution in [-0.4, -0.2) is 19.5 Å². The van der Waals surface area contributed by atoms with E-state index in [1.54, 1.807) is 12.1 Å². The van der Waals surface area contributed by atoms with E-state index in [1.807, 2.05) is 0 Å². The predicted molar refractivity (Wildman–Crippen MR) is 48.9 cm³/mol. The Morgan fingerprint density at radius 2 is 2.15 bits per heavy atom. The summed E-state index contributed by atoms with van der Waals surface area (Å²) in [6.45, 7) is -0.120. The van der Waals surface area contributed by atoms with Gasteiger partial charge in [0.15, 0.2) is 0 Å². The van der Waals surface area contributed by atoms with E-state index in [4.69, 9.17) is 5.73 Å². The van der Waals surface area contributed by atoms with Gasteiger partial charge < -0.3 is 10.6 Å². The topological polar surface area (TPSA) is 46.3 Å². The molecule has 0 radical (unpaired) electrons. The molecule has 0 saturated heterocycles. The van der Waals surface area contributed by atoms with Gasteiger partial charge in [0.1, 0.15) is 5.82 Å². The number of carbonyl (C=O) groups is 1. The van der Waals surface area contributed by atoms with E-state index in [2.05, 4.69) is 0 Å². The molecule has 0 bridgehead atoms. The molecule has 0 heterocycles. The Morgan fingerprint density at radius 3 is 2.69 bits per heavy atom. The van der Waals surface area contributed by atoms with Gasteiger partial charge in [0.25, 0.3) is 0 Å². The summed E-state index contributed by atoms with van der Waals surface area (Å²) in [5.41, 5.74) is 5.39. The van der Waals surface area contributed by atoms with Crippen LogP contribution in [0.1, 0.15) is 0 Å². The second-order valence-electron chi connectivity index (χ2n) is 2.61. The molecule has 0 aliphatic carbocycles. The van der Waals surface area contributed by atoms with Gasteiger partial charge in [-0.2, -0.15) is 0 Å². The zero-order valence-electron chi connectivity index (χ0n) is 7.33. The van der Waals surface area contributed by atoms with Crippen molar-refractivity contribution < 1.29 is 9.18 Å². The number of benzene rings is 1. The SMILES string of the molecule is CN(C(=O)CN)c1ccccc1F. The van der Waals surface area contributed by atoms with Crippen molar-refractivity contribution in [1.82, 2.24) is 0 Å². The summed E-state index contributed by atoms with van der Waals surface area (Å²) >= 11 is 0.